The van der Waals surface area contributed by atoms with E-state index in [0.29, 0.717) is 19.6 Å². The van der Waals surface area contributed by atoms with Gasteiger partial charge in [0.1, 0.15) is 5.82 Å². The third-order valence-electron chi connectivity index (χ3n) is 5.93. The van der Waals surface area contributed by atoms with Crippen LogP contribution in [0.2, 0.25) is 0 Å². The van der Waals surface area contributed by atoms with E-state index in [2.05, 4.69) is 14.9 Å². The highest BCUT2D eigenvalue weighted by molar-refractivity contribution is 5.75. The Hall–Kier alpha value is -1.40. The predicted molar refractivity (Wildman–Crippen MR) is 95.3 cm³/mol. The van der Waals surface area contributed by atoms with E-state index in [-0.39, 0.29) is 0 Å². The lowest BCUT2D eigenvalue weighted by Crippen LogP contribution is -2.48. The van der Waals surface area contributed by atoms with Crippen molar-refractivity contribution in [1.82, 2.24) is 14.9 Å². The first-order valence-corrected chi connectivity index (χ1v) is 9.59. The number of piperidine rings is 1. The lowest BCUT2D eigenvalue weighted by Gasteiger charge is -2.39. The topological polar surface area (TPSA) is 78.5 Å². The molecule has 1 aromatic heterocycles. The maximum Gasteiger partial charge on any atom is 0.311 e. The first-order valence-electron chi connectivity index (χ1n) is 9.59. The molecule has 1 unspecified atom stereocenters. The first-order chi connectivity index (χ1) is 12.1. The van der Waals surface area contributed by atoms with Crippen molar-refractivity contribution in [2.45, 2.75) is 57.9 Å². The summed E-state index contributed by atoms with van der Waals surface area (Å²) in [5.74, 6) is 1.17. The van der Waals surface area contributed by atoms with Gasteiger partial charge in [0.15, 0.2) is 0 Å². The van der Waals surface area contributed by atoms with Gasteiger partial charge in [0.25, 0.3) is 0 Å². The second-order valence-electron chi connectivity index (χ2n) is 7.85. The van der Waals surface area contributed by atoms with Crippen LogP contribution in [0.15, 0.2) is 6.20 Å². The molecule has 0 radical (unpaired) electrons. The summed E-state index contributed by atoms with van der Waals surface area (Å²) in [4.78, 5) is 22.1. The second kappa shape index (κ2) is 8.32. The van der Waals surface area contributed by atoms with Gasteiger partial charge in [0.2, 0.25) is 0 Å². The first kappa shape index (κ1) is 18.4. The van der Waals surface area contributed by atoms with E-state index in [0.717, 1.165) is 49.8 Å². The average molecular weight is 349 g/mol. The molecule has 2 heterocycles. The largest absolute Gasteiger partial charge is 0.481 e. The third kappa shape index (κ3) is 4.61. The fourth-order valence-electron chi connectivity index (χ4n) is 4.46. The number of H-pyrrole nitrogens is 1. The summed E-state index contributed by atoms with van der Waals surface area (Å²) < 4.78 is 5.14. The van der Waals surface area contributed by atoms with Gasteiger partial charge in [-0.1, -0.05) is 25.7 Å². The number of methoxy groups -OCH3 is 1. The van der Waals surface area contributed by atoms with Gasteiger partial charge >= 0.3 is 5.97 Å². The van der Waals surface area contributed by atoms with Crippen molar-refractivity contribution in [1.29, 1.82) is 0 Å². The molecular weight excluding hydrogens is 318 g/mol. The highest BCUT2D eigenvalue weighted by Crippen LogP contribution is 2.34. The predicted octanol–water partition coefficient (Wildman–Crippen LogP) is 2.85. The summed E-state index contributed by atoms with van der Waals surface area (Å²) in [7, 11) is 1.63. The number of hydrogen-bond acceptors (Lipinski definition) is 4. The highest BCUT2D eigenvalue weighted by atomic mass is 16.5. The van der Waals surface area contributed by atoms with Crippen LogP contribution in [0.5, 0.6) is 0 Å². The van der Waals surface area contributed by atoms with E-state index >= 15 is 0 Å². The molecule has 1 aliphatic carbocycles. The molecule has 3 rings (SSSR count). The summed E-state index contributed by atoms with van der Waals surface area (Å²) >= 11 is 0. The molecule has 0 bridgehead atoms. The fourth-order valence-corrected chi connectivity index (χ4v) is 4.46. The number of carboxylic acids is 1. The number of aromatic nitrogens is 2. The number of nitrogens with one attached hydrogen (secondary N) is 1. The molecule has 1 saturated carbocycles. The number of aliphatic carboxylic acids is 1. The highest BCUT2D eigenvalue weighted by Gasteiger charge is 2.42. The molecule has 1 aromatic rings. The molecule has 2 aliphatic rings. The van der Waals surface area contributed by atoms with Crippen LogP contribution in [-0.4, -0.2) is 52.7 Å². The molecule has 2 N–H and O–H groups in total. The van der Waals surface area contributed by atoms with Gasteiger partial charge in [-0.2, -0.15) is 0 Å². The monoisotopic (exact) mass is 349 g/mol. The SMILES string of the molecule is COCCC1(C(=O)O)CCCN(Cc2cnc(CC3CCCC3)[nH]2)C1. The Balaban J connectivity index is 1.58. The third-order valence-corrected chi connectivity index (χ3v) is 5.93. The quantitative estimate of drug-likeness (QED) is 0.754. The van der Waals surface area contributed by atoms with Gasteiger partial charge in [0.05, 0.1) is 5.41 Å². The zero-order valence-corrected chi connectivity index (χ0v) is 15.3. The summed E-state index contributed by atoms with van der Waals surface area (Å²) in [6, 6.07) is 0. The van der Waals surface area contributed by atoms with Crippen molar-refractivity contribution in [2.75, 3.05) is 26.8 Å². The summed E-state index contributed by atoms with van der Waals surface area (Å²) in [6.07, 6.45) is 10.5. The number of hydrogen-bond donors (Lipinski definition) is 2. The number of nitrogens with zero attached hydrogens (tertiary/aromatic N) is 2. The zero-order chi connectivity index (χ0) is 17.7. The van der Waals surface area contributed by atoms with Gasteiger partial charge in [-0.3, -0.25) is 9.69 Å². The van der Waals surface area contributed by atoms with Crippen LogP contribution in [0.25, 0.3) is 0 Å². The number of aromatic amines is 1. The minimum Gasteiger partial charge on any atom is -0.481 e. The molecule has 1 aliphatic heterocycles. The van der Waals surface area contributed by atoms with E-state index in [1.54, 1.807) is 7.11 Å². The number of carboxylic acid groups (broad SMARTS) is 1. The van der Waals surface area contributed by atoms with E-state index in [1.165, 1.54) is 25.7 Å². The molecule has 2 fully saturated rings. The molecule has 140 valence electrons. The van der Waals surface area contributed by atoms with Gasteiger partial charge in [0, 0.05) is 45.1 Å². The fraction of sp³-hybridized carbons (Fsp3) is 0.789. The Morgan fingerprint density at radius 3 is 2.96 bits per heavy atom. The molecule has 25 heavy (non-hydrogen) atoms. The minimum absolute atomic E-state index is 0.496. The summed E-state index contributed by atoms with van der Waals surface area (Å²) in [5.41, 5.74) is 0.418. The molecule has 6 heteroatoms. The molecule has 1 saturated heterocycles. The standard InChI is InChI=1S/C19H31N3O3/c1-25-10-8-19(18(23)24)7-4-9-22(14-19)13-16-12-20-17(21-16)11-15-5-2-3-6-15/h12,15H,2-11,13-14H2,1H3,(H,20,21)(H,23,24). The average Bonchev–Trinajstić information content (AvgIpc) is 3.26. The maximum absolute atomic E-state index is 11.9. The van der Waals surface area contributed by atoms with E-state index < -0.39 is 11.4 Å². The van der Waals surface area contributed by atoms with Gasteiger partial charge in [-0.15, -0.1) is 0 Å². The molecule has 1 atom stereocenters. The van der Waals surface area contributed by atoms with Crippen molar-refractivity contribution in [2.24, 2.45) is 11.3 Å². The molecule has 0 spiro atoms. The van der Waals surface area contributed by atoms with Crippen LogP contribution in [-0.2, 0) is 22.5 Å². The van der Waals surface area contributed by atoms with Crippen molar-refractivity contribution < 1.29 is 14.6 Å². The molecule has 0 aromatic carbocycles. The molecule has 6 nitrogen and oxygen atoms in total. The zero-order valence-electron chi connectivity index (χ0n) is 15.3. The Bertz CT molecular complexity index is 568. The van der Waals surface area contributed by atoms with Crippen LogP contribution in [0.1, 0.15) is 56.5 Å². The Morgan fingerprint density at radius 1 is 1.44 bits per heavy atom. The Labute approximate surface area is 150 Å². The van der Waals surface area contributed by atoms with Crippen LogP contribution in [0, 0.1) is 11.3 Å². The normalized spacial score (nSPS) is 25.5. The van der Waals surface area contributed by atoms with E-state index in [1.807, 2.05) is 6.20 Å². The Kier molecular flexibility index (Phi) is 6.12. The van der Waals surface area contributed by atoms with Crippen molar-refractivity contribution >= 4 is 5.97 Å². The van der Waals surface area contributed by atoms with Crippen LogP contribution >= 0.6 is 0 Å². The Morgan fingerprint density at radius 2 is 2.24 bits per heavy atom. The molecular formula is C19H31N3O3. The van der Waals surface area contributed by atoms with E-state index in [9.17, 15) is 9.90 Å². The number of ether oxygens (including phenoxy) is 1. The van der Waals surface area contributed by atoms with E-state index in [4.69, 9.17) is 4.74 Å². The number of carbonyl (C=O) groups is 1. The van der Waals surface area contributed by atoms with Gasteiger partial charge < -0.3 is 14.8 Å². The lowest BCUT2D eigenvalue weighted by atomic mass is 9.77. The summed E-state index contributed by atoms with van der Waals surface area (Å²) in [6.45, 7) is 2.77. The van der Waals surface area contributed by atoms with Gasteiger partial charge in [-0.05, 0) is 31.7 Å². The number of likely N-dealkylation sites (tertiary alicyclic amines) is 1. The smallest absolute Gasteiger partial charge is 0.311 e. The minimum atomic E-state index is -0.694. The van der Waals surface area contributed by atoms with Gasteiger partial charge in [-0.25, -0.2) is 4.98 Å². The van der Waals surface area contributed by atoms with Crippen LogP contribution in [0.3, 0.4) is 0 Å². The van der Waals surface area contributed by atoms with Crippen molar-refractivity contribution in [3.63, 3.8) is 0 Å². The van der Waals surface area contributed by atoms with Crippen LogP contribution in [0.4, 0.5) is 0 Å². The maximum atomic E-state index is 11.9. The second-order valence-corrected chi connectivity index (χ2v) is 7.85. The van der Waals surface area contributed by atoms with Crippen molar-refractivity contribution in [3.05, 3.63) is 17.7 Å². The number of imidazole rings is 1. The van der Waals surface area contributed by atoms with Crippen LogP contribution < -0.4 is 0 Å². The number of rotatable bonds is 8. The molecule has 0 amide bonds. The lowest BCUT2D eigenvalue weighted by molar-refractivity contribution is -0.154. The summed E-state index contributed by atoms with van der Waals surface area (Å²) in [5, 5.41) is 9.76. The van der Waals surface area contributed by atoms with Crippen molar-refractivity contribution in [3.8, 4) is 0 Å².